The standard InChI is InChI=1S/C17H16N2O4S/c20-16(18-13-6-2-1-3-7-13)12-19-14-8-4-5-9-15(14)24(22,23)11-10-17(19)21/h1-9H,10-12H2,(H,18,20). The third-order valence-corrected chi connectivity index (χ3v) is 5.49. The first-order chi connectivity index (χ1) is 11.5. The average molecular weight is 344 g/mol. The summed E-state index contributed by atoms with van der Waals surface area (Å²) in [5.74, 6) is -1.02. The molecule has 0 saturated carbocycles. The number of fused-ring (bicyclic) bond motifs is 1. The third kappa shape index (κ3) is 3.30. The predicted octanol–water partition coefficient (Wildman–Crippen LogP) is 1.84. The molecule has 0 spiro atoms. The number of nitrogens with one attached hydrogen (secondary N) is 1. The van der Waals surface area contributed by atoms with Crippen LogP contribution in [0.4, 0.5) is 11.4 Å². The van der Waals surface area contributed by atoms with Gasteiger partial charge in [0.2, 0.25) is 11.8 Å². The molecule has 124 valence electrons. The van der Waals surface area contributed by atoms with Gasteiger partial charge in [0.15, 0.2) is 9.84 Å². The number of hydrogen-bond donors (Lipinski definition) is 1. The minimum absolute atomic E-state index is 0.0864. The van der Waals surface area contributed by atoms with Gasteiger partial charge in [-0.25, -0.2) is 8.42 Å². The summed E-state index contributed by atoms with van der Waals surface area (Å²) in [6, 6.07) is 15.1. The van der Waals surface area contributed by atoms with E-state index in [1.807, 2.05) is 6.07 Å². The van der Waals surface area contributed by atoms with Crippen molar-refractivity contribution >= 4 is 33.0 Å². The molecule has 1 N–H and O–H groups in total. The van der Waals surface area contributed by atoms with Gasteiger partial charge in [-0.3, -0.25) is 9.59 Å². The molecule has 3 rings (SSSR count). The van der Waals surface area contributed by atoms with E-state index in [4.69, 9.17) is 0 Å². The lowest BCUT2D eigenvalue weighted by molar-refractivity contribution is -0.121. The second-order valence-electron chi connectivity index (χ2n) is 5.43. The lowest BCUT2D eigenvalue weighted by Crippen LogP contribution is -2.37. The topological polar surface area (TPSA) is 83.6 Å². The van der Waals surface area contributed by atoms with Gasteiger partial charge in [0.1, 0.15) is 6.54 Å². The maximum atomic E-state index is 12.3. The second kappa shape index (κ2) is 6.45. The lowest BCUT2D eigenvalue weighted by atomic mass is 10.2. The van der Waals surface area contributed by atoms with Crippen molar-refractivity contribution in [3.63, 3.8) is 0 Å². The first kappa shape index (κ1) is 16.2. The van der Waals surface area contributed by atoms with Gasteiger partial charge in [-0.2, -0.15) is 0 Å². The van der Waals surface area contributed by atoms with Gasteiger partial charge in [0, 0.05) is 12.1 Å². The zero-order chi connectivity index (χ0) is 17.2. The van der Waals surface area contributed by atoms with E-state index in [-0.39, 0.29) is 41.1 Å². The normalized spacial score (nSPS) is 16.2. The van der Waals surface area contributed by atoms with Crippen molar-refractivity contribution < 1.29 is 18.0 Å². The Morgan fingerprint density at radius 1 is 1.04 bits per heavy atom. The van der Waals surface area contributed by atoms with Gasteiger partial charge in [-0.15, -0.1) is 0 Å². The van der Waals surface area contributed by atoms with Crippen LogP contribution < -0.4 is 10.2 Å². The minimum Gasteiger partial charge on any atom is -0.325 e. The van der Waals surface area contributed by atoms with Crippen molar-refractivity contribution in [1.82, 2.24) is 0 Å². The summed E-state index contributed by atoms with van der Waals surface area (Å²) in [5.41, 5.74) is 0.869. The maximum Gasteiger partial charge on any atom is 0.244 e. The average Bonchev–Trinajstić information content (AvgIpc) is 2.67. The van der Waals surface area contributed by atoms with E-state index in [0.717, 1.165) is 0 Å². The van der Waals surface area contributed by atoms with Crippen molar-refractivity contribution in [2.24, 2.45) is 0 Å². The Labute approximate surface area is 140 Å². The third-order valence-electron chi connectivity index (χ3n) is 3.74. The van der Waals surface area contributed by atoms with E-state index in [9.17, 15) is 18.0 Å². The van der Waals surface area contributed by atoms with Crippen LogP contribution >= 0.6 is 0 Å². The molecule has 0 fully saturated rings. The van der Waals surface area contributed by atoms with Crippen molar-refractivity contribution in [2.45, 2.75) is 11.3 Å². The molecule has 0 saturated heterocycles. The first-order valence-corrected chi connectivity index (χ1v) is 9.10. The molecule has 0 unspecified atom stereocenters. The van der Waals surface area contributed by atoms with Gasteiger partial charge in [-0.05, 0) is 24.3 Å². The van der Waals surface area contributed by atoms with Crippen molar-refractivity contribution in [3.8, 4) is 0 Å². The molecule has 1 heterocycles. The number of benzene rings is 2. The fourth-order valence-electron chi connectivity index (χ4n) is 2.58. The molecule has 0 aromatic heterocycles. The molecule has 24 heavy (non-hydrogen) atoms. The monoisotopic (exact) mass is 344 g/mol. The van der Waals surface area contributed by atoms with E-state index in [1.54, 1.807) is 42.5 Å². The number of sulfone groups is 1. The van der Waals surface area contributed by atoms with Crippen LogP contribution in [-0.2, 0) is 19.4 Å². The maximum absolute atomic E-state index is 12.3. The highest BCUT2D eigenvalue weighted by atomic mass is 32.2. The van der Waals surface area contributed by atoms with Gasteiger partial charge in [-0.1, -0.05) is 30.3 Å². The Morgan fingerprint density at radius 2 is 1.71 bits per heavy atom. The molecule has 0 radical (unpaired) electrons. The van der Waals surface area contributed by atoms with Crippen LogP contribution in [0, 0.1) is 0 Å². The number of carbonyl (C=O) groups is 2. The van der Waals surface area contributed by atoms with E-state index in [0.29, 0.717) is 5.69 Å². The molecule has 7 heteroatoms. The summed E-state index contributed by atoms with van der Waals surface area (Å²) in [6.45, 7) is -0.236. The number of carbonyl (C=O) groups excluding carboxylic acids is 2. The van der Waals surface area contributed by atoms with Crippen LogP contribution in [0.2, 0.25) is 0 Å². The number of anilines is 2. The van der Waals surface area contributed by atoms with Crippen molar-refractivity contribution in [3.05, 3.63) is 54.6 Å². The highest BCUT2D eigenvalue weighted by molar-refractivity contribution is 7.91. The Bertz CT molecular complexity index is 878. The lowest BCUT2D eigenvalue weighted by Gasteiger charge is -2.21. The van der Waals surface area contributed by atoms with Gasteiger partial charge in [0.05, 0.1) is 16.3 Å². The Kier molecular flexibility index (Phi) is 4.35. The van der Waals surface area contributed by atoms with Crippen LogP contribution in [0.1, 0.15) is 6.42 Å². The summed E-state index contributed by atoms with van der Waals surface area (Å²) in [5, 5.41) is 2.70. The zero-order valence-electron chi connectivity index (χ0n) is 12.8. The summed E-state index contributed by atoms with van der Waals surface area (Å²) < 4.78 is 24.6. The van der Waals surface area contributed by atoms with Crippen LogP contribution in [0.15, 0.2) is 59.5 Å². The Balaban J connectivity index is 1.88. The smallest absolute Gasteiger partial charge is 0.244 e. The quantitative estimate of drug-likeness (QED) is 0.921. The van der Waals surface area contributed by atoms with Crippen LogP contribution in [0.25, 0.3) is 0 Å². The van der Waals surface area contributed by atoms with E-state index < -0.39 is 9.84 Å². The summed E-state index contributed by atoms with van der Waals surface area (Å²) in [7, 11) is -3.53. The molecule has 2 aromatic rings. The van der Waals surface area contributed by atoms with Crippen LogP contribution in [0.5, 0.6) is 0 Å². The van der Waals surface area contributed by atoms with Crippen molar-refractivity contribution in [1.29, 1.82) is 0 Å². The first-order valence-electron chi connectivity index (χ1n) is 7.44. The van der Waals surface area contributed by atoms with E-state index in [1.165, 1.54) is 11.0 Å². The number of hydrogen-bond acceptors (Lipinski definition) is 4. The largest absolute Gasteiger partial charge is 0.325 e. The fraction of sp³-hybridized carbons (Fsp3) is 0.176. The van der Waals surface area contributed by atoms with E-state index in [2.05, 4.69) is 5.32 Å². The molecule has 6 nitrogen and oxygen atoms in total. The molecule has 1 aliphatic heterocycles. The molecule has 0 bridgehead atoms. The Morgan fingerprint density at radius 3 is 2.46 bits per heavy atom. The number of amides is 2. The zero-order valence-corrected chi connectivity index (χ0v) is 13.6. The highest BCUT2D eigenvalue weighted by Crippen LogP contribution is 2.30. The SMILES string of the molecule is O=C(CN1C(=O)CCS(=O)(=O)c2ccccc21)Nc1ccccc1. The number of nitrogens with zero attached hydrogens (tertiary/aromatic N) is 1. The molecule has 0 aliphatic carbocycles. The summed E-state index contributed by atoms with van der Waals surface area (Å²) >= 11 is 0. The Hall–Kier alpha value is -2.67. The highest BCUT2D eigenvalue weighted by Gasteiger charge is 2.31. The molecule has 2 amide bonds. The minimum atomic E-state index is -3.53. The molecular weight excluding hydrogens is 328 g/mol. The molecular formula is C17H16N2O4S. The summed E-state index contributed by atoms with van der Waals surface area (Å²) in [4.78, 5) is 25.9. The number of para-hydroxylation sites is 2. The van der Waals surface area contributed by atoms with Crippen molar-refractivity contribution in [2.75, 3.05) is 22.5 Å². The molecule has 2 aromatic carbocycles. The van der Waals surface area contributed by atoms with Gasteiger partial charge < -0.3 is 10.2 Å². The fourth-order valence-corrected chi connectivity index (χ4v) is 4.03. The van der Waals surface area contributed by atoms with E-state index >= 15 is 0 Å². The summed E-state index contributed by atoms with van der Waals surface area (Å²) in [6.07, 6.45) is -0.143. The number of rotatable bonds is 3. The van der Waals surface area contributed by atoms with Gasteiger partial charge >= 0.3 is 0 Å². The van der Waals surface area contributed by atoms with Crippen LogP contribution in [-0.4, -0.2) is 32.5 Å². The molecule has 0 atom stereocenters. The van der Waals surface area contributed by atoms with Crippen LogP contribution in [0.3, 0.4) is 0 Å². The second-order valence-corrected chi connectivity index (χ2v) is 7.51. The molecule has 1 aliphatic rings. The van der Waals surface area contributed by atoms with Gasteiger partial charge in [0.25, 0.3) is 0 Å². The predicted molar refractivity (Wildman–Crippen MR) is 90.5 cm³/mol.